The van der Waals surface area contributed by atoms with Gasteiger partial charge < -0.3 is 14.1 Å². The minimum absolute atomic E-state index is 0.817. The highest BCUT2D eigenvalue weighted by molar-refractivity contribution is 7.71. The summed E-state index contributed by atoms with van der Waals surface area (Å²) in [4.78, 5) is 7.36. The van der Waals surface area contributed by atoms with Crippen LogP contribution in [0.25, 0.3) is 11.0 Å². The van der Waals surface area contributed by atoms with Crippen LogP contribution in [0.3, 0.4) is 0 Å². The summed E-state index contributed by atoms with van der Waals surface area (Å²) in [6, 6.07) is 6.32. The monoisotopic (exact) mass is 286 g/mol. The van der Waals surface area contributed by atoms with Gasteiger partial charge in [-0.05, 0) is 43.6 Å². The quantitative estimate of drug-likeness (QED) is 0.574. The Labute approximate surface area is 123 Å². The second-order valence-corrected chi connectivity index (χ2v) is 5.45. The molecular formula is C15H18N4S. The predicted molar refractivity (Wildman–Crippen MR) is 83.3 cm³/mol. The number of aryl methyl sites for hydroxylation is 3. The predicted octanol–water partition coefficient (Wildman–Crippen LogP) is 3.68. The first-order chi connectivity index (χ1) is 9.75. The lowest BCUT2D eigenvalue weighted by molar-refractivity contribution is 0.556. The highest BCUT2D eigenvalue weighted by atomic mass is 32.1. The Hall–Kier alpha value is -1.88. The Bertz CT molecular complexity index is 752. The number of H-pyrrole nitrogens is 1. The van der Waals surface area contributed by atoms with Gasteiger partial charge in [0.15, 0.2) is 4.77 Å². The summed E-state index contributed by atoms with van der Waals surface area (Å²) >= 11 is 5.43. The van der Waals surface area contributed by atoms with Crippen LogP contribution in [0.2, 0.25) is 0 Å². The van der Waals surface area contributed by atoms with Crippen molar-refractivity contribution in [3.05, 3.63) is 47.3 Å². The van der Waals surface area contributed by atoms with Gasteiger partial charge in [-0.15, -0.1) is 0 Å². The fourth-order valence-electron chi connectivity index (χ4n) is 2.53. The largest absolute Gasteiger partial charge is 0.337 e. The van der Waals surface area contributed by atoms with E-state index in [1.807, 2.05) is 18.7 Å². The number of imidazole rings is 2. The Morgan fingerprint density at radius 1 is 1.25 bits per heavy atom. The maximum absolute atomic E-state index is 5.43. The Morgan fingerprint density at radius 3 is 2.90 bits per heavy atom. The number of unbranched alkanes of at least 4 members (excludes halogenated alkanes) is 1. The number of hydrogen-bond acceptors (Lipinski definition) is 2. The van der Waals surface area contributed by atoms with Gasteiger partial charge in [0.05, 0.1) is 17.4 Å². The Morgan fingerprint density at radius 2 is 2.10 bits per heavy atom. The molecule has 0 bridgehead atoms. The van der Waals surface area contributed by atoms with Crippen molar-refractivity contribution in [3.63, 3.8) is 0 Å². The number of hydrogen-bond donors (Lipinski definition) is 1. The molecule has 4 nitrogen and oxygen atoms in total. The highest BCUT2D eigenvalue weighted by Gasteiger charge is 2.05. The minimum atomic E-state index is 0.817. The molecule has 0 atom stereocenters. The molecule has 0 fully saturated rings. The van der Waals surface area contributed by atoms with Crippen LogP contribution in [-0.2, 0) is 13.1 Å². The van der Waals surface area contributed by atoms with Crippen molar-refractivity contribution in [1.29, 1.82) is 0 Å². The van der Waals surface area contributed by atoms with Gasteiger partial charge >= 0.3 is 0 Å². The summed E-state index contributed by atoms with van der Waals surface area (Å²) in [7, 11) is 0. The van der Waals surface area contributed by atoms with E-state index in [1.165, 1.54) is 11.1 Å². The van der Waals surface area contributed by atoms with E-state index in [9.17, 15) is 0 Å². The lowest BCUT2D eigenvalue weighted by Gasteiger charge is -2.05. The average Bonchev–Trinajstić information content (AvgIpc) is 3.04. The molecule has 0 amide bonds. The molecule has 1 aromatic carbocycles. The molecule has 3 aromatic rings. The van der Waals surface area contributed by atoms with Crippen LogP contribution in [0.4, 0.5) is 0 Å². The first kappa shape index (κ1) is 13.1. The van der Waals surface area contributed by atoms with Crippen molar-refractivity contribution in [2.45, 2.75) is 32.9 Å². The number of nitrogens with one attached hydrogen (secondary N) is 1. The van der Waals surface area contributed by atoms with Crippen LogP contribution in [-0.4, -0.2) is 19.1 Å². The van der Waals surface area contributed by atoms with Gasteiger partial charge in [0, 0.05) is 25.5 Å². The van der Waals surface area contributed by atoms with E-state index in [0.717, 1.165) is 36.2 Å². The molecule has 0 spiro atoms. The van der Waals surface area contributed by atoms with Crippen molar-refractivity contribution in [2.24, 2.45) is 0 Å². The Kier molecular flexibility index (Phi) is 3.69. The zero-order chi connectivity index (χ0) is 13.9. The van der Waals surface area contributed by atoms with Crippen LogP contribution < -0.4 is 0 Å². The number of benzene rings is 1. The summed E-state index contributed by atoms with van der Waals surface area (Å²) in [6.45, 7) is 4.07. The molecule has 0 unspecified atom stereocenters. The van der Waals surface area contributed by atoms with Crippen LogP contribution in [0.15, 0.2) is 36.9 Å². The number of para-hydroxylation sites is 1. The van der Waals surface area contributed by atoms with E-state index in [-0.39, 0.29) is 0 Å². The topological polar surface area (TPSA) is 38.5 Å². The maximum Gasteiger partial charge on any atom is 0.178 e. The minimum Gasteiger partial charge on any atom is -0.337 e. The Balaban J connectivity index is 1.70. The number of nitrogens with zero attached hydrogens (tertiary/aromatic N) is 3. The first-order valence-corrected chi connectivity index (χ1v) is 7.30. The van der Waals surface area contributed by atoms with Crippen LogP contribution >= 0.6 is 12.2 Å². The normalized spacial score (nSPS) is 11.2. The lowest BCUT2D eigenvalue weighted by atomic mass is 10.2. The van der Waals surface area contributed by atoms with E-state index in [2.05, 4.69) is 44.2 Å². The zero-order valence-corrected chi connectivity index (χ0v) is 12.4. The fourth-order valence-corrected chi connectivity index (χ4v) is 2.82. The molecule has 3 rings (SSSR count). The summed E-state index contributed by atoms with van der Waals surface area (Å²) < 4.78 is 5.13. The third-order valence-corrected chi connectivity index (χ3v) is 3.95. The summed E-state index contributed by atoms with van der Waals surface area (Å²) in [5.74, 6) is 0. The molecule has 0 aliphatic heterocycles. The summed E-state index contributed by atoms with van der Waals surface area (Å²) in [6.07, 6.45) is 7.91. The second kappa shape index (κ2) is 5.63. The molecule has 2 aromatic heterocycles. The lowest BCUT2D eigenvalue weighted by Crippen LogP contribution is -2.01. The van der Waals surface area contributed by atoms with Crippen LogP contribution in [0, 0.1) is 11.7 Å². The molecule has 0 saturated heterocycles. The maximum atomic E-state index is 5.43. The molecule has 1 N–H and O–H groups in total. The molecule has 0 aliphatic carbocycles. The number of aromatic nitrogens is 4. The SMILES string of the molecule is Cc1cccc2c1[nH]c(=S)n2CCCCn1ccnc1. The van der Waals surface area contributed by atoms with Gasteiger partial charge in [-0.2, -0.15) is 0 Å². The molecule has 0 radical (unpaired) electrons. The number of aromatic amines is 1. The number of fused-ring (bicyclic) bond motifs is 1. The third kappa shape index (κ3) is 2.54. The fraction of sp³-hybridized carbons (Fsp3) is 0.333. The van der Waals surface area contributed by atoms with Crippen molar-refractivity contribution < 1.29 is 0 Å². The van der Waals surface area contributed by atoms with Gasteiger partial charge in [0.1, 0.15) is 0 Å². The smallest absolute Gasteiger partial charge is 0.178 e. The van der Waals surface area contributed by atoms with Gasteiger partial charge in [0.25, 0.3) is 0 Å². The molecule has 5 heteroatoms. The van der Waals surface area contributed by atoms with Crippen molar-refractivity contribution in [3.8, 4) is 0 Å². The van der Waals surface area contributed by atoms with E-state index in [1.54, 1.807) is 0 Å². The molecule has 104 valence electrons. The van der Waals surface area contributed by atoms with Gasteiger partial charge in [0.2, 0.25) is 0 Å². The van der Waals surface area contributed by atoms with Gasteiger partial charge in [-0.25, -0.2) is 4.98 Å². The van der Waals surface area contributed by atoms with Crippen LogP contribution in [0.1, 0.15) is 18.4 Å². The standard InChI is InChI=1S/C15H18N4S/c1-12-5-4-6-13-14(12)17-15(20)19(13)9-3-2-8-18-10-7-16-11-18/h4-7,10-11H,2-3,8-9H2,1H3,(H,17,20). The molecule has 2 heterocycles. The van der Waals surface area contributed by atoms with E-state index < -0.39 is 0 Å². The second-order valence-electron chi connectivity index (χ2n) is 5.06. The first-order valence-electron chi connectivity index (χ1n) is 6.89. The van der Waals surface area contributed by atoms with Crippen molar-refractivity contribution >= 4 is 23.3 Å². The van der Waals surface area contributed by atoms with Crippen molar-refractivity contribution in [2.75, 3.05) is 0 Å². The van der Waals surface area contributed by atoms with Gasteiger partial charge in [-0.1, -0.05) is 12.1 Å². The van der Waals surface area contributed by atoms with Gasteiger partial charge in [-0.3, -0.25) is 0 Å². The van der Waals surface area contributed by atoms with Crippen molar-refractivity contribution in [1.82, 2.24) is 19.1 Å². The molecular weight excluding hydrogens is 268 g/mol. The molecule has 20 heavy (non-hydrogen) atoms. The third-order valence-electron chi connectivity index (χ3n) is 3.63. The number of rotatable bonds is 5. The average molecular weight is 286 g/mol. The summed E-state index contributed by atoms with van der Waals surface area (Å²) in [5, 5.41) is 0. The molecule has 0 saturated carbocycles. The van der Waals surface area contributed by atoms with E-state index >= 15 is 0 Å². The highest BCUT2D eigenvalue weighted by Crippen LogP contribution is 2.18. The zero-order valence-electron chi connectivity index (χ0n) is 11.5. The summed E-state index contributed by atoms with van der Waals surface area (Å²) in [5.41, 5.74) is 3.61. The van der Waals surface area contributed by atoms with E-state index in [0.29, 0.717) is 0 Å². The van der Waals surface area contributed by atoms with Crippen LogP contribution in [0.5, 0.6) is 0 Å². The molecule has 0 aliphatic rings. The van der Waals surface area contributed by atoms with E-state index in [4.69, 9.17) is 12.2 Å².